The van der Waals surface area contributed by atoms with Crippen molar-refractivity contribution in [1.29, 1.82) is 0 Å². The van der Waals surface area contributed by atoms with Crippen molar-refractivity contribution in [2.45, 2.75) is 32.7 Å². The van der Waals surface area contributed by atoms with Crippen LogP contribution in [0.5, 0.6) is 0 Å². The quantitative estimate of drug-likeness (QED) is 0.282. The predicted octanol–water partition coefficient (Wildman–Crippen LogP) is 4.86. The second-order valence-electron chi connectivity index (χ2n) is 9.49. The Morgan fingerprint density at radius 1 is 1.19 bits per heavy atom. The number of benzene rings is 2. The van der Waals surface area contributed by atoms with E-state index in [9.17, 15) is 24.0 Å². The van der Waals surface area contributed by atoms with Gasteiger partial charge in [0.1, 0.15) is 22.9 Å². The summed E-state index contributed by atoms with van der Waals surface area (Å²) in [5.74, 6) is -1.16. The number of amides is 4. The Hall–Kier alpha value is -3.29. The number of imide groups is 1. The summed E-state index contributed by atoms with van der Waals surface area (Å²) in [7, 11) is 1.74. The maximum atomic E-state index is 14.8. The average molecular weight is 617 g/mol. The summed E-state index contributed by atoms with van der Waals surface area (Å²) in [6, 6.07) is 9.56. The second-order valence-corrected chi connectivity index (χ2v) is 10.7. The minimum Gasteiger partial charge on any atom is -0.613 e. The summed E-state index contributed by atoms with van der Waals surface area (Å²) < 4.78 is 14.0. The summed E-state index contributed by atoms with van der Waals surface area (Å²) in [6.45, 7) is 3.30. The molecule has 0 radical (unpaired) electrons. The molecule has 1 saturated heterocycles. The van der Waals surface area contributed by atoms with Crippen LogP contribution < -0.4 is 15.3 Å². The van der Waals surface area contributed by atoms with Gasteiger partial charge in [0.25, 0.3) is 5.91 Å². The number of likely N-dealkylation sites (N-methyl/N-ethyl adjacent to an activating group) is 1. The third-order valence-electron chi connectivity index (χ3n) is 6.58. The van der Waals surface area contributed by atoms with Crippen LogP contribution in [0.1, 0.15) is 26.7 Å². The van der Waals surface area contributed by atoms with Crippen LogP contribution in [0.15, 0.2) is 65.1 Å². The standard InChI is InChI=1S/C26H25FIN5O4/c1-14-13-31(3)24(30-21-10-7-16(28)11-20(21)27)22-23(14)33(37,26(36)32(25(22)35)18-8-9-18)19-6-4-5-17(12-19)29-15(2)34/h4-7,10-12,18,30H,8-9,13H2,1-3H3,(H,29,34). The zero-order valence-electron chi connectivity index (χ0n) is 20.5. The molecule has 3 aliphatic rings. The van der Waals surface area contributed by atoms with Crippen molar-refractivity contribution in [3.8, 4) is 0 Å². The molecular formula is C26H25FIN5O4. The maximum Gasteiger partial charge on any atom is 0.436 e. The molecule has 1 atom stereocenters. The van der Waals surface area contributed by atoms with Crippen LogP contribution in [0.25, 0.3) is 0 Å². The van der Waals surface area contributed by atoms with E-state index in [-0.39, 0.29) is 47.0 Å². The van der Waals surface area contributed by atoms with Crippen LogP contribution >= 0.6 is 22.6 Å². The third kappa shape index (κ3) is 4.30. The first-order chi connectivity index (χ1) is 17.5. The molecule has 5 rings (SSSR count). The molecule has 4 amide bonds. The predicted molar refractivity (Wildman–Crippen MR) is 146 cm³/mol. The number of carbonyl (C=O) groups excluding carboxylic acids is 3. The molecule has 0 spiro atoms. The van der Waals surface area contributed by atoms with E-state index in [0.717, 1.165) is 4.90 Å². The lowest BCUT2D eigenvalue weighted by Gasteiger charge is -2.49. The Morgan fingerprint density at radius 2 is 1.92 bits per heavy atom. The number of hydrogen-bond donors (Lipinski definition) is 2. The highest BCUT2D eigenvalue weighted by Gasteiger charge is 2.57. The molecule has 2 N–H and O–H groups in total. The number of halogens is 2. The van der Waals surface area contributed by atoms with Gasteiger partial charge >= 0.3 is 6.03 Å². The molecule has 9 nitrogen and oxygen atoms in total. The lowest BCUT2D eigenvalue weighted by Crippen LogP contribution is -2.64. The Morgan fingerprint density at radius 3 is 2.57 bits per heavy atom. The van der Waals surface area contributed by atoms with Crippen LogP contribution in [-0.4, -0.2) is 47.3 Å². The molecule has 2 aromatic carbocycles. The highest BCUT2D eigenvalue weighted by atomic mass is 127. The lowest BCUT2D eigenvalue weighted by molar-refractivity contribution is -0.126. The van der Waals surface area contributed by atoms with E-state index >= 15 is 0 Å². The number of quaternary nitrogens is 1. The number of rotatable bonds is 5. The highest BCUT2D eigenvalue weighted by molar-refractivity contribution is 14.1. The molecule has 37 heavy (non-hydrogen) atoms. The fourth-order valence-corrected chi connectivity index (χ4v) is 5.32. The van der Waals surface area contributed by atoms with Crippen LogP contribution in [0.4, 0.5) is 26.2 Å². The Bertz CT molecular complexity index is 1420. The first kappa shape index (κ1) is 25.4. The van der Waals surface area contributed by atoms with E-state index in [0.29, 0.717) is 27.7 Å². The molecule has 0 aromatic heterocycles. The largest absolute Gasteiger partial charge is 0.613 e. The van der Waals surface area contributed by atoms with Crippen molar-refractivity contribution in [3.05, 3.63) is 79.7 Å². The first-order valence-corrected chi connectivity index (χ1v) is 12.8. The Balaban J connectivity index is 1.73. The second kappa shape index (κ2) is 9.23. The van der Waals surface area contributed by atoms with E-state index in [1.54, 1.807) is 43.1 Å². The molecular weight excluding hydrogens is 592 g/mol. The van der Waals surface area contributed by atoms with Gasteiger partial charge < -0.3 is 20.7 Å². The topological polar surface area (TPSA) is 105 Å². The van der Waals surface area contributed by atoms with Gasteiger partial charge in [0.15, 0.2) is 5.70 Å². The average Bonchev–Trinajstić information content (AvgIpc) is 3.65. The lowest BCUT2D eigenvalue weighted by atomic mass is 9.96. The Labute approximate surface area is 226 Å². The monoisotopic (exact) mass is 617 g/mol. The van der Waals surface area contributed by atoms with Gasteiger partial charge in [-0.3, -0.25) is 9.59 Å². The third-order valence-corrected chi connectivity index (χ3v) is 7.25. The molecule has 2 aromatic rings. The van der Waals surface area contributed by atoms with Crippen molar-refractivity contribution < 1.29 is 18.8 Å². The van der Waals surface area contributed by atoms with Crippen LogP contribution in [-0.2, 0) is 9.59 Å². The Kier molecular flexibility index (Phi) is 6.32. The van der Waals surface area contributed by atoms with Gasteiger partial charge in [0, 0.05) is 53.5 Å². The van der Waals surface area contributed by atoms with Crippen LogP contribution in [0, 0.1) is 14.6 Å². The zero-order chi connectivity index (χ0) is 26.6. The number of nitrogens with one attached hydrogen (secondary N) is 2. The number of fused-ring (bicyclic) bond motifs is 1. The number of hydrogen-bond acceptors (Lipinski definition) is 6. The number of carbonyl (C=O) groups is 3. The van der Waals surface area contributed by atoms with Gasteiger partial charge in [-0.2, -0.15) is 0 Å². The number of urea groups is 1. The molecule has 1 unspecified atom stereocenters. The molecule has 2 fully saturated rings. The molecule has 1 saturated carbocycles. The van der Waals surface area contributed by atoms with Gasteiger partial charge in [-0.05, 0) is 66.6 Å². The van der Waals surface area contributed by atoms with Gasteiger partial charge in [-0.1, -0.05) is 6.07 Å². The summed E-state index contributed by atoms with van der Waals surface area (Å²) >= 11 is 2.01. The number of nitrogens with zero attached hydrogens (tertiary/aromatic N) is 3. The van der Waals surface area contributed by atoms with Gasteiger partial charge in [0.05, 0.1) is 5.69 Å². The first-order valence-electron chi connectivity index (χ1n) is 11.8. The molecule has 11 heteroatoms. The van der Waals surface area contributed by atoms with Crippen molar-refractivity contribution in [3.63, 3.8) is 0 Å². The maximum absolute atomic E-state index is 14.8. The molecule has 192 valence electrons. The zero-order valence-corrected chi connectivity index (χ0v) is 22.6. The SMILES string of the molecule is CC(=O)Nc1cccc([N+]2([O-])C(=O)N(C3CC3)C(=O)C3=C(Nc4ccc(I)cc4F)N(C)CC(C)=C32)c1. The van der Waals surface area contributed by atoms with E-state index < -0.39 is 22.4 Å². The van der Waals surface area contributed by atoms with E-state index in [1.807, 2.05) is 22.6 Å². The van der Waals surface area contributed by atoms with Crippen LogP contribution in [0.3, 0.4) is 0 Å². The minimum atomic E-state index is -1.52. The van der Waals surface area contributed by atoms with E-state index in [4.69, 9.17) is 0 Å². The summed E-state index contributed by atoms with van der Waals surface area (Å²) in [5, 5.41) is 20.5. The normalized spacial score (nSPS) is 21.9. The minimum absolute atomic E-state index is 0.0124. The van der Waals surface area contributed by atoms with Crippen LogP contribution in [0.2, 0.25) is 0 Å². The summed E-state index contributed by atoms with van der Waals surface area (Å²) in [6.07, 6.45) is 1.22. The van der Waals surface area contributed by atoms with Crippen molar-refractivity contribution >= 4 is 57.5 Å². The van der Waals surface area contributed by atoms with E-state index in [2.05, 4.69) is 10.6 Å². The van der Waals surface area contributed by atoms with Gasteiger partial charge in [-0.15, -0.1) is 0 Å². The smallest absolute Gasteiger partial charge is 0.436 e. The van der Waals surface area contributed by atoms with Gasteiger partial charge in [-0.25, -0.2) is 18.7 Å². The van der Waals surface area contributed by atoms with Crippen molar-refractivity contribution in [2.75, 3.05) is 24.2 Å². The number of hydroxylamine groups is 2. The van der Waals surface area contributed by atoms with Gasteiger partial charge in [0.2, 0.25) is 5.91 Å². The van der Waals surface area contributed by atoms with Crippen molar-refractivity contribution in [1.82, 2.24) is 14.4 Å². The fraction of sp³-hybridized carbons (Fsp3) is 0.269. The van der Waals surface area contributed by atoms with Crippen molar-refractivity contribution in [2.24, 2.45) is 0 Å². The fourth-order valence-electron chi connectivity index (χ4n) is 4.86. The highest BCUT2D eigenvalue weighted by Crippen LogP contribution is 2.46. The molecule has 1 aliphatic carbocycles. The summed E-state index contributed by atoms with van der Waals surface area (Å²) in [5.41, 5.74) is 1.16. The molecule has 2 heterocycles. The summed E-state index contributed by atoms with van der Waals surface area (Å²) in [4.78, 5) is 42.1. The molecule has 0 bridgehead atoms. The molecule has 2 aliphatic heterocycles. The number of anilines is 2. The van der Waals surface area contributed by atoms with E-state index in [1.165, 1.54) is 25.1 Å².